The molecule has 19 heteroatoms. The lowest BCUT2D eigenvalue weighted by Crippen LogP contribution is -2.62. The molecule has 2 saturated heterocycles. The quantitative estimate of drug-likeness (QED) is 0.0866. The minimum Gasteiger partial charge on any atom is -0.361 e. The van der Waals surface area contributed by atoms with E-state index in [1.165, 1.54) is 11.2 Å². The Hall–Kier alpha value is -6.89. The Morgan fingerprint density at radius 1 is 0.553 bits per heavy atom. The normalized spacial score (nSPS) is 24.8. The van der Waals surface area contributed by atoms with Crippen LogP contribution in [-0.4, -0.2) is 128 Å². The first-order valence-electron chi connectivity index (χ1n) is 26.7. The van der Waals surface area contributed by atoms with Gasteiger partial charge >= 0.3 is 0 Å². The van der Waals surface area contributed by atoms with E-state index < -0.39 is 112 Å². The molecule has 8 amide bonds. The second-order valence-corrected chi connectivity index (χ2v) is 22.8. The lowest BCUT2D eigenvalue weighted by Gasteiger charge is -2.32. The van der Waals surface area contributed by atoms with E-state index in [1.54, 1.807) is 49.5 Å². The van der Waals surface area contributed by atoms with Crippen LogP contribution in [0, 0.1) is 17.8 Å². The molecule has 1 aromatic heterocycles. The first-order valence-corrected chi connectivity index (χ1v) is 28.4. The number of para-hydroxylation sites is 1. The highest BCUT2D eigenvalue weighted by atomic mass is 32.2. The summed E-state index contributed by atoms with van der Waals surface area (Å²) >= 11 is 0. The first kappa shape index (κ1) is 58.4. The van der Waals surface area contributed by atoms with Gasteiger partial charge in [-0.3, -0.25) is 42.6 Å². The van der Waals surface area contributed by atoms with Gasteiger partial charge < -0.3 is 47.1 Å². The number of rotatable bonds is 15. The van der Waals surface area contributed by atoms with Gasteiger partial charge in [-0.25, -0.2) is 0 Å². The van der Waals surface area contributed by atoms with Crippen molar-refractivity contribution in [2.24, 2.45) is 17.8 Å². The molecular formula is C57H77N9O9S. The molecular weight excluding hydrogens is 987 g/mol. The Kier molecular flexibility index (Phi) is 21.3. The highest BCUT2D eigenvalue weighted by Crippen LogP contribution is 2.23. The Bertz CT molecular complexity index is 2680. The van der Waals surface area contributed by atoms with Gasteiger partial charge in [-0.05, 0) is 72.6 Å². The number of H-pyrrole nitrogens is 1. The number of benzene rings is 3. The van der Waals surface area contributed by atoms with Gasteiger partial charge in [0.25, 0.3) is 0 Å². The number of carbonyl (C=O) groups is 8. The number of nitrogens with zero attached hydrogens (tertiary/aromatic N) is 1. The smallest absolute Gasteiger partial charge is 0.245 e. The summed E-state index contributed by atoms with van der Waals surface area (Å²) in [4.78, 5) is 122. The Balaban J connectivity index is 1.46. The minimum absolute atomic E-state index is 0.0123. The van der Waals surface area contributed by atoms with Gasteiger partial charge in [0.2, 0.25) is 47.3 Å². The van der Waals surface area contributed by atoms with E-state index in [1.807, 2.05) is 83.1 Å². The zero-order valence-corrected chi connectivity index (χ0v) is 45.6. The van der Waals surface area contributed by atoms with Crippen LogP contribution in [0.5, 0.6) is 0 Å². The second-order valence-electron chi connectivity index (χ2n) is 21.2. The molecule has 410 valence electrons. The van der Waals surface area contributed by atoms with E-state index in [0.717, 1.165) is 10.9 Å². The zero-order valence-electron chi connectivity index (χ0n) is 44.8. The van der Waals surface area contributed by atoms with Gasteiger partial charge in [-0.2, -0.15) is 0 Å². The summed E-state index contributed by atoms with van der Waals surface area (Å²) in [6.07, 6.45) is 4.61. The summed E-state index contributed by atoms with van der Waals surface area (Å²) < 4.78 is 12.5. The fourth-order valence-electron chi connectivity index (χ4n) is 9.87. The van der Waals surface area contributed by atoms with Crippen molar-refractivity contribution < 1.29 is 42.6 Å². The van der Waals surface area contributed by atoms with Gasteiger partial charge in [-0.1, -0.05) is 127 Å². The standard InChI is InChI=1S/C57H77N9O9S/c1-8-36(6)49-56(73)59-42(25-27-76(7)75)50(67)60-43(28-34(2)3)51(68)64-47(29-35(4)5)57(74)66-26-17-24-48(66)55(72)63-45(31-38-20-13-10-14-21-38)53(70)61-44(30-37-18-11-9-12-19-37)52(69)62-46(54(71)65-49)32-39-33-58-41-23-16-15-22-40(39)41/h9-16,18-23,33-36,42-49,58H,8,17,24-32H2,1-7H3,(H,59,73)(H,60,67)(H,61,70)(H,62,69)(H,63,72)(H,64,68)(H,65,71)/t36-,42-,43-,44-,45-,46-,47-,48-,49-,76?/m0/s1. The Morgan fingerprint density at radius 2 is 1.03 bits per heavy atom. The minimum atomic E-state index is -1.39. The zero-order chi connectivity index (χ0) is 55.1. The van der Waals surface area contributed by atoms with E-state index in [9.17, 15) is 42.6 Å². The van der Waals surface area contributed by atoms with E-state index in [4.69, 9.17) is 0 Å². The van der Waals surface area contributed by atoms with Gasteiger partial charge in [0.15, 0.2) is 0 Å². The molecule has 6 rings (SSSR count). The fraction of sp³-hybridized carbons (Fsp3) is 0.509. The van der Waals surface area contributed by atoms with Crippen molar-refractivity contribution >= 4 is 69.0 Å². The number of carbonyl (C=O) groups excluding carboxylic acids is 8. The molecule has 2 aliphatic rings. The van der Waals surface area contributed by atoms with E-state index >= 15 is 0 Å². The van der Waals surface area contributed by atoms with E-state index in [0.29, 0.717) is 29.5 Å². The van der Waals surface area contributed by atoms with E-state index in [-0.39, 0.29) is 69.1 Å². The third-order valence-electron chi connectivity index (χ3n) is 14.2. The first-order chi connectivity index (χ1) is 36.3. The molecule has 2 aliphatic heterocycles. The number of fused-ring (bicyclic) bond motifs is 2. The molecule has 4 aromatic rings. The molecule has 0 spiro atoms. The van der Waals surface area contributed by atoms with Crippen molar-refractivity contribution in [1.82, 2.24) is 47.1 Å². The van der Waals surface area contributed by atoms with Crippen LogP contribution in [0.3, 0.4) is 0 Å². The molecule has 3 aromatic carbocycles. The Labute approximate surface area is 448 Å². The van der Waals surface area contributed by atoms with Crippen molar-refractivity contribution in [3.63, 3.8) is 0 Å². The molecule has 0 saturated carbocycles. The van der Waals surface area contributed by atoms with Crippen molar-refractivity contribution in [3.8, 4) is 0 Å². The lowest BCUT2D eigenvalue weighted by atomic mass is 9.96. The molecule has 0 bridgehead atoms. The van der Waals surface area contributed by atoms with Crippen LogP contribution in [-0.2, 0) is 68.4 Å². The lowest BCUT2D eigenvalue weighted by molar-refractivity contribution is -0.143. The number of hydrogen-bond donors (Lipinski definition) is 8. The molecule has 0 radical (unpaired) electrons. The maximum atomic E-state index is 15.0. The van der Waals surface area contributed by atoms with E-state index in [2.05, 4.69) is 42.2 Å². The van der Waals surface area contributed by atoms with Crippen molar-refractivity contribution in [3.05, 3.63) is 108 Å². The Morgan fingerprint density at radius 3 is 1.61 bits per heavy atom. The molecule has 10 atom stereocenters. The molecule has 2 fully saturated rings. The summed E-state index contributed by atoms with van der Waals surface area (Å²) in [6.45, 7) is 11.3. The largest absolute Gasteiger partial charge is 0.361 e. The predicted octanol–water partition coefficient (Wildman–Crippen LogP) is 3.50. The van der Waals surface area contributed by atoms with Crippen molar-refractivity contribution in [2.45, 2.75) is 148 Å². The molecule has 3 heterocycles. The van der Waals surface area contributed by atoms with Crippen LogP contribution >= 0.6 is 0 Å². The maximum absolute atomic E-state index is 15.0. The van der Waals surface area contributed by atoms with Crippen molar-refractivity contribution in [1.29, 1.82) is 0 Å². The average Bonchev–Trinajstić information content (AvgIpc) is 4.06. The van der Waals surface area contributed by atoms with Crippen LogP contribution in [0.4, 0.5) is 0 Å². The molecule has 0 aliphatic carbocycles. The SMILES string of the molecule is CC[C@H](C)[C@@H]1NC(=O)[C@H](Cc2c[nH]c3ccccc23)NC(=O)[C@H](Cc2ccccc2)NC(=O)[C@H](Cc2ccccc2)NC(=O)[C@@H]2CCCN2C(=O)[C@H](CC(C)C)NC(=O)[C@H](CC(C)C)NC(=O)[C@H](CCS(C)=O)NC1=O. The summed E-state index contributed by atoms with van der Waals surface area (Å²) in [5.41, 5.74) is 2.87. The number of hydrogen-bond acceptors (Lipinski definition) is 9. The molecule has 1 unspecified atom stereocenters. The summed E-state index contributed by atoms with van der Waals surface area (Å²) in [5, 5.41) is 21.0. The van der Waals surface area contributed by atoms with Gasteiger partial charge in [0.1, 0.15) is 48.3 Å². The van der Waals surface area contributed by atoms with Crippen LogP contribution in [0.2, 0.25) is 0 Å². The topological polar surface area (TPSA) is 257 Å². The molecule has 76 heavy (non-hydrogen) atoms. The fourth-order valence-corrected chi connectivity index (χ4v) is 10.4. The van der Waals surface area contributed by atoms with Crippen LogP contribution < -0.4 is 37.2 Å². The number of aromatic nitrogens is 1. The number of nitrogens with one attached hydrogen (secondary N) is 8. The van der Waals surface area contributed by atoms with Crippen molar-refractivity contribution in [2.75, 3.05) is 18.6 Å². The third-order valence-corrected chi connectivity index (χ3v) is 15.0. The highest BCUT2D eigenvalue weighted by molar-refractivity contribution is 7.84. The third kappa shape index (κ3) is 16.3. The maximum Gasteiger partial charge on any atom is 0.245 e. The molecule has 18 nitrogen and oxygen atoms in total. The summed E-state index contributed by atoms with van der Waals surface area (Å²) in [5.74, 6) is -6.01. The van der Waals surface area contributed by atoms with Crippen LogP contribution in [0.1, 0.15) is 96.8 Å². The molecule has 8 N–H and O–H groups in total. The number of amides is 8. The van der Waals surface area contributed by atoms with Gasteiger partial charge in [0, 0.05) is 65.7 Å². The van der Waals surface area contributed by atoms with Gasteiger partial charge in [0.05, 0.1) is 0 Å². The summed E-state index contributed by atoms with van der Waals surface area (Å²) in [6, 6.07) is 15.8. The predicted molar refractivity (Wildman–Crippen MR) is 292 cm³/mol. The second kappa shape index (κ2) is 27.8. The monoisotopic (exact) mass is 1060 g/mol. The van der Waals surface area contributed by atoms with Crippen LogP contribution in [0.25, 0.3) is 10.9 Å². The average molecular weight is 1060 g/mol. The highest BCUT2D eigenvalue weighted by Gasteiger charge is 2.41. The number of aromatic amines is 1. The van der Waals surface area contributed by atoms with Gasteiger partial charge in [-0.15, -0.1) is 0 Å². The summed E-state index contributed by atoms with van der Waals surface area (Å²) in [7, 11) is -1.39. The van der Waals surface area contributed by atoms with Crippen LogP contribution in [0.15, 0.2) is 91.1 Å².